The second-order valence-electron chi connectivity index (χ2n) is 5.79. The van der Waals surface area contributed by atoms with Crippen molar-refractivity contribution in [2.75, 3.05) is 10.6 Å². The van der Waals surface area contributed by atoms with E-state index in [1.807, 2.05) is 36.4 Å². The SMILES string of the molecule is Oc1ccc(OC(=S)Nc2ccc(Nc3ccc(C(Cl)(Cl)Cl)cc3)cc2)cc1. The third-order valence-corrected chi connectivity index (χ3v) is 4.52. The van der Waals surface area contributed by atoms with Gasteiger partial charge in [-0.25, -0.2) is 0 Å². The highest BCUT2D eigenvalue weighted by atomic mass is 35.6. The first-order chi connectivity index (χ1) is 13.3. The van der Waals surface area contributed by atoms with Crippen molar-refractivity contribution in [3.05, 3.63) is 78.4 Å². The Kier molecular flexibility index (Phi) is 6.52. The fourth-order valence-electron chi connectivity index (χ4n) is 2.31. The summed E-state index contributed by atoms with van der Waals surface area (Å²) in [6, 6.07) is 21.0. The van der Waals surface area contributed by atoms with E-state index in [-0.39, 0.29) is 10.9 Å². The molecule has 8 heteroatoms. The second kappa shape index (κ2) is 8.88. The van der Waals surface area contributed by atoms with Crippen LogP contribution in [0.4, 0.5) is 17.1 Å². The Balaban J connectivity index is 1.57. The maximum atomic E-state index is 9.28. The number of phenolic OH excluding ortho intramolecular Hbond substituents is 1. The number of nitrogens with one attached hydrogen (secondary N) is 2. The minimum absolute atomic E-state index is 0.163. The molecule has 3 N–H and O–H groups in total. The van der Waals surface area contributed by atoms with E-state index in [9.17, 15) is 5.11 Å². The van der Waals surface area contributed by atoms with Crippen LogP contribution < -0.4 is 15.4 Å². The van der Waals surface area contributed by atoms with E-state index < -0.39 is 3.79 Å². The number of anilines is 3. The lowest BCUT2D eigenvalue weighted by Gasteiger charge is -2.13. The predicted molar refractivity (Wildman–Crippen MR) is 120 cm³/mol. The molecule has 0 bridgehead atoms. The van der Waals surface area contributed by atoms with Crippen LogP contribution in [0.25, 0.3) is 0 Å². The fourth-order valence-corrected chi connectivity index (χ4v) is 2.90. The Bertz CT molecular complexity index is 941. The number of rotatable bonds is 4. The molecule has 0 saturated heterocycles. The van der Waals surface area contributed by atoms with Gasteiger partial charge in [-0.3, -0.25) is 0 Å². The zero-order valence-electron chi connectivity index (χ0n) is 14.3. The van der Waals surface area contributed by atoms with Crippen LogP contribution in [0.1, 0.15) is 5.56 Å². The van der Waals surface area contributed by atoms with Crippen molar-refractivity contribution in [3.8, 4) is 11.5 Å². The lowest BCUT2D eigenvalue weighted by atomic mass is 10.2. The highest BCUT2D eigenvalue weighted by Crippen LogP contribution is 2.38. The molecule has 28 heavy (non-hydrogen) atoms. The van der Waals surface area contributed by atoms with Gasteiger partial charge in [0.15, 0.2) is 0 Å². The average Bonchev–Trinajstić information content (AvgIpc) is 2.65. The number of thiocarbonyl (C=S) groups is 1. The number of alkyl halides is 3. The Morgan fingerprint density at radius 3 is 1.82 bits per heavy atom. The maximum Gasteiger partial charge on any atom is 0.266 e. The summed E-state index contributed by atoms with van der Waals surface area (Å²) in [5.41, 5.74) is 3.13. The number of phenols is 1. The van der Waals surface area contributed by atoms with Gasteiger partial charge in [0.25, 0.3) is 5.17 Å². The monoisotopic (exact) mass is 452 g/mol. The molecule has 0 fully saturated rings. The van der Waals surface area contributed by atoms with Crippen molar-refractivity contribution in [2.45, 2.75) is 3.79 Å². The maximum absolute atomic E-state index is 9.28. The number of hydrogen-bond donors (Lipinski definition) is 3. The molecule has 144 valence electrons. The Morgan fingerprint density at radius 2 is 1.29 bits per heavy atom. The summed E-state index contributed by atoms with van der Waals surface area (Å²) in [4.78, 5) is 0. The van der Waals surface area contributed by atoms with E-state index in [0.717, 1.165) is 17.1 Å². The van der Waals surface area contributed by atoms with E-state index in [2.05, 4.69) is 10.6 Å². The average molecular weight is 454 g/mol. The zero-order chi connectivity index (χ0) is 20.1. The van der Waals surface area contributed by atoms with Crippen LogP contribution in [0.5, 0.6) is 11.5 Å². The molecular weight excluding hydrogens is 439 g/mol. The molecule has 0 aliphatic rings. The third kappa shape index (κ3) is 5.91. The van der Waals surface area contributed by atoms with Gasteiger partial charge in [-0.2, -0.15) is 0 Å². The largest absolute Gasteiger partial charge is 0.508 e. The second-order valence-corrected chi connectivity index (χ2v) is 8.44. The van der Waals surface area contributed by atoms with Gasteiger partial charge in [-0.15, -0.1) is 0 Å². The van der Waals surface area contributed by atoms with Crippen LogP contribution in [0.3, 0.4) is 0 Å². The summed E-state index contributed by atoms with van der Waals surface area (Å²) < 4.78 is 4.06. The molecule has 3 rings (SSSR count). The molecule has 0 atom stereocenters. The summed E-state index contributed by atoms with van der Waals surface area (Å²) in [5.74, 6) is 0.697. The number of benzene rings is 3. The summed E-state index contributed by atoms with van der Waals surface area (Å²) in [6.45, 7) is 0. The van der Waals surface area contributed by atoms with Gasteiger partial charge in [-0.1, -0.05) is 46.9 Å². The van der Waals surface area contributed by atoms with Crippen LogP contribution in [-0.4, -0.2) is 10.3 Å². The normalized spacial score (nSPS) is 11.0. The molecule has 0 saturated carbocycles. The molecule has 0 aromatic heterocycles. The molecule has 0 unspecified atom stereocenters. The minimum Gasteiger partial charge on any atom is -0.508 e. The van der Waals surface area contributed by atoms with Crippen LogP contribution in [0, 0.1) is 0 Å². The minimum atomic E-state index is -1.44. The van der Waals surface area contributed by atoms with E-state index in [1.54, 1.807) is 24.3 Å². The third-order valence-electron chi connectivity index (χ3n) is 3.68. The molecule has 0 spiro atoms. The van der Waals surface area contributed by atoms with Crippen LogP contribution in [0.15, 0.2) is 72.8 Å². The summed E-state index contributed by atoms with van der Waals surface area (Å²) >= 11 is 22.8. The van der Waals surface area contributed by atoms with Crippen LogP contribution in [-0.2, 0) is 3.79 Å². The first-order valence-electron chi connectivity index (χ1n) is 8.12. The highest BCUT2D eigenvalue weighted by molar-refractivity contribution is 7.80. The van der Waals surface area contributed by atoms with Crippen LogP contribution in [0.2, 0.25) is 0 Å². The van der Waals surface area contributed by atoms with Gasteiger partial charge in [0.05, 0.1) is 0 Å². The topological polar surface area (TPSA) is 53.5 Å². The number of aromatic hydroxyl groups is 1. The number of halogens is 3. The smallest absolute Gasteiger partial charge is 0.266 e. The number of ether oxygens (including phenoxy) is 1. The molecule has 0 aliphatic heterocycles. The summed E-state index contributed by atoms with van der Waals surface area (Å²) in [5, 5.41) is 15.7. The molecular formula is C20H15Cl3N2O2S. The van der Waals surface area contributed by atoms with Crippen molar-refractivity contribution in [3.63, 3.8) is 0 Å². The number of hydrogen-bond acceptors (Lipinski definition) is 4. The molecule has 4 nitrogen and oxygen atoms in total. The van der Waals surface area contributed by atoms with Gasteiger partial charge in [-0.05, 0) is 72.9 Å². The molecule has 3 aromatic carbocycles. The lowest BCUT2D eigenvalue weighted by molar-refractivity contribution is 0.473. The predicted octanol–water partition coefficient (Wildman–Crippen LogP) is 6.74. The van der Waals surface area contributed by atoms with Crippen molar-refractivity contribution in [1.29, 1.82) is 0 Å². The van der Waals surface area contributed by atoms with Crippen molar-refractivity contribution in [2.24, 2.45) is 0 Å². The van der Waals surface area contributed by atoms with Crippen LogP contribution >= 0.6 is 47.0 Å². The Morgan fingerprint density at radius 1 is 0.786 bits per heavy atom. The summed E-state index contributed by atoms with van der Waals surface area (Å²) in [6.07, 6.45) is 0. The van der Waals surface area contributed by atoms with Gasteiger partial charge >= 0.3 is 0 Å². The standard InChI is InChI=1S/C20H15Cl3N2O2S/c21-20(22,23)13-1-3-14(4-2-13)24-15-5-7-16(8-6-15)25-19(28)27-18-11-9-17(26)10-12-18/h1-12,24,26H,(H,25,28). The van der Waals surface area contributed by atoms with Crippen molar-refractivity contribution in [1.82, 2.24) is 0 Å². The Hall–Kier alpha value is -2.18. The van der Waals surface area contributed by atoms with E-state index >= 15 is 0 Å². The molecule has 0 heterocycles. The Labute approximate surface area is 183 Å². The quantitative estimate of drug-likeness (QED) is 0.302. The van der Waals surface area contributed by atoms with Gasteiger partial charge in [0.1, 0.15) is 11.5 Å². The highest BCUT2D eigenvalue weighted by Gasteiger charge is 2.22. The first-order valence-corrected chi connectivity index (χ1v) is 9.66. The van der Waals surface area contributed by atoms with Crippen molar-refractivity contribution < 1.29 is 9.84 Å². The van der Waals surface area contributed by atoms with Gasteiger partial charge < -0.3 is 20.5 Å². The lowest BCUT2D eigenvalue weighted by Crippen LogP contribution is -2.16. The first kappa shape index (κ1) is 20.6. The van der Waals surface area contributed by atoms with Gasteiger partial charge in [0.2, 0.25) is 3.79 Å². The van der Waals surface area contributed by atoms with E-state index in [4.69, 9.17) is 51.8 Å². The zero-order valence-corrected chi connectivity index (χ0v) is 17.4. The molecule has 0 radical (unpaired) electrons. The molecule has 0 amide bonds. The van der Waals surface area contributed by atoms with E-state index in [0.29, 0.717) is 11.3 Å². The van der Waals surface area contributed by atoms with Gasteiger partial charge in [0, 0.05) is 22.6 Å². The fraction of sp³-hybridized carbons (Fsp3) is 0.0500. The van der Waals surface area contributed by atoms with E-state index in [1.165, 1.54) is 12.1 Å². The molecule has 3 aromatic rings. The molecule has 0 aliphatic carbocycles. The summed E-state index contributed by atoms with van der Waals surface area (Å²) in [7, 11) is 0. The van der Waals surface area contributed by atoms with Crippen molar-refractivity contribution >= 4 is 69.3 Å².